The molecule has 0 amide bonds. The molecular weight excluding hydrogens is 251 g/mol. The van der Waals surface area contributed by atoms with Crippen molar-refractivity contribution in [1.82, 2.24) is 9.78 Å². The number of thiocarbonyl (C=S) groups is 1. The fourth-order valence-electron chi connectivity index (χ4n) is 1.57. The van der Waals surface area contributed by atoms with Gasteiger partial charge in [-0.05, 0) is 37.3 Å². The number of halogens is 1. The van der Waals surface area contributed by atoms with Crippen LogP contribution in [0.4, 0.5) is 15.8 Å². The molecule has 1 heterocycles. The van der Waals surface area contributed by atoms with Gasteiger partial charge in [-0.3, -0.25) is 4.68 Å². The van der Waals surface area contributed by atoms with Crippen LogP contribution in [0.3, 0.4) is 0 Å². The van der Waals surface area contributed by atoms with Crippen LogP contribution in [0.5, 0.6) is 0 Å². The Kier molecular flexibility index (Phi) is 3.57. The highest BCUT2D eigenvalue weighted by atomic mass is 32.1. The second-order valence-electron chi connectivity index (χ2n) is 3.89. The van der Waals surface area contributed by atoms with E-state index in [-0.39, 0.29) is 5.82 Å². The summed E-state index contributed by atoms with van der Waals surface area (Å²) in [5, 5.41) is 10.5. The smallest absolute Gasteiger partial charge is 0.175 e. The summed E-state index contributed by atoms with van der Waals surface area (Å²) in [6, 6.07) is 6.12. The summed E-state index contributed by atoms with van der Waals surface area (Å²) in [6.07, 6.45) is 1.83. The maximum Gasteiger partial charge on any atom is 0.175 e. The second-order valence-corrected chi connectivity index (χ2v) is 4.30. The van der Waals surface area contributed by atoms with Crippen molar-refractivity contribution in [3.63, 3.8) is 0 Å². The molecule has 2 N–H and O–H groups in total. The SMILES string of the molecule is Cc1nn(C)cc1NC(=S)Nc1cccc(F)c1. The van der Waals surface area contributed by atoms with E-state index in [4.69, 9.17) is 12.2 Å². The molecule has 0 radical (unpaired) electrons. The van der Waals surface area contributed by atoms with Gasteiger partial charge in [0.2, 0.25) is 0 Å². The molecule has 2 rings (SSSR count). The Labute approximate surface area is 110 Å². The number of nitrogens with zero attached hydrogens (tertiary/aromatic N) is 2. The van der Waals surface area contributed by atoms with Gasteiger partial charge in [0.1, 0.15) is 5.82 Å². The molecule has 0 atom stereocenters. The third kappa shape index (κ3) is 3.04. The van der Waals surface area contributed by atoms with E-state index >= 15 is 0 Å². The summed E-state index contributed by atoms with van der Waals surface area (Å²) in [4.78, 5) is 0. The maximum absolute atomic E-state index is 13.0. The summed E-state index contributed by atoms with van der Waals surface area (Å²) >= 11 is 5.15. The fourth-order valence-corrected chi connectivity index (χ4v) is 1.80. The van der Waals surface area contributed by atoms with E-state index in [9.17, 15) is 4.39 Å². The number of rotatable bonds is 2. The molecule has 18 heavy (non-hydrogen) atoms. The maximum atomic E-state index is 13.0. The van der Waals surface area contributed by atoms with E-state index in [2.05, 4.69) is 15.7 Å². The quantitative estimate of drug-likeness (QED) is 0.818. The van der Waals surface area contributed by atoms with Crippen molar-refractivity contribution in [2.75, 3.05) is 10.6 Å². The van der Waals surface area contributed by atoms with Crippen LogP contribution in [0.2, 0.25) is 0 Å². The third-order valence-electron chi connectivity index (χ3n) is 2.34. The van der Waals surface area contributed by atoms with E-state index in [1.165, 1.54) is 12.1 Å². The van der Waals surface area contributed by atoms with Crippen LogP contribution in [0, 0.1) is 12.7 Å². The van der Waals surface area contributed by atoms with E-state index in [0.29, 0.717) is 10.8 Å². The Morgan fingerprint density at radius 2 is 2.17 bits per heavy atom. The van der Waals surface area contributed by atoms with Crippen LogP contribution in [-0.4, -0.2) is 14.9 Å². The Balaban J connectivity index is 2.03. The molecule has 0 saturated carbocycles. The first kappa shape index (κ1) is 12.5. The number of nitrogens with one attached hydrogen (secondary N) is 2. The number of anilines is 2. The summed E-state index contributed by atoms with van der Waals surface area (Å²) < 4.78 is 14.7. The van der Waals surface area contributed by atoms with Crippen molar-refractivity contribution in [3.8, 4) is 0 Å². The van der Waals surface area contributed by atoms with Crippen LogP contribution in [0.15, 0.2) is 30.5 Å². The van der Waals surface area contributed by atoms with E-state index in [0.717, 1.165) is 11.4 Å². The van der Waals surface area contributed by atoms with Gasteiger partial charge in [0.05, 0.1) is 11.4 Å². The van der Waals surface area contributed by atoms with E-state index in [1.807, 2.05) is 20.2 Å². The van der Waals surface area contributed by atoms with Gasteiger partial charge in [-0.15, -0.1) is 0 Å². The lowest BCUT2D eigenvalue weighted by Gasteiger charge is -2.09. The van der Waals surface area contributed by atoms with Crippen molar-refractivity contribution in [2.45, 2.75) is 6.92 Å². The Morgan fingerprint density at radius 1 is 1.39 bits per heavy atom. The van der Waals surface area contributed by atoms with Gasteiger partial charge < -0.3 is 10.6 Å². The highest BCUT2D eigenvalue weighted by Crippen LogP contribution is 2.13. The van der Waals surface area contributed by atoms with Crippen LogP contribution in [0.25, 0.3) is 0 Å². The molecule has 94 valence electrons. The van der Waals surface area contributed by atoms with Gasteiger partial charge in [0.15, 0.2) is 5.11 Å². The minimum atomic E-state index is -0.305. The van der Waals surface area contributed by atoms with E-state index < -0.39 is 0 Å². The first-order valence-electron chi connectivity index (χ1n) is 5.38. The number of aromatic nitrogens is 2. The zero-order valence-electron chi connectivity index (χ0n) is 10.1. The fraction of sp³-hybridized carbons (Fsp3) is 0.167. The van der Waals surface area contributed by atoms with E-state index in [1.54, 1.807) is 16.8 Å². The molecule has 1 aromatic heterocycles. The predicted octanol–water partition coefficient (Wildman–Crippen LogP) is 2.68. The molecular formula is C12H13FN4S. The largest absolute Gasteiger partial charge is 0.332 e. The molecule has 0 spiro atoms. The van der Waals surface area contributed by atoms with Crippen molar-refractivity contribution < 1.29 is 4.39 Å². The molecule has 0 aliphatic carbocycles. The molecule has 1 aromatic carbocycles. The number of hydrogen-bond acceptors (Lipinski definition) is 2. The van der Waals surface area contributed by atoms with Gasteiger partial charge in [0.25, 0.3) is 0 Å². The van der Waals surface area contributed by atoms with Gasteiger partial charge in [-0.1, -0.05) is 6.07 Å². The van der Waals surface area contributed by atoms with Crippen LogP contribution in [-0.2, 0) is 7.05 Å². The van der Waals surface area contributed by atoms with Gasteiger partial charge >= 0.3 is 0 Å². The molecule has 4 nitrogen and oxygen atoms in total. The average Bonchev–Trinajstić information content (AvgIpc) is 2.57. The van der Waals surface area contributed by atoms with Gasteiger partial charge in [-0.25, -0.2) is 4.39 Å². The van der Waals surface area contributed by atoms with Gasteiger partial charge in [0, 0.05) is 18.9 Å². The minimum Gasteiger partial charge on any atom is -0.332 e. The minimum absolute atomic E-state index is 0.305. The summed E-state index contributed by atoms with van der Waals surface area (Å²) in [6.45, 7) is 1.88. The summed E-state index contributed by atoms with van der Waals surface area (Å²) in [7, 11) is 1.83. The second kappa shape index (κ2) is 5.14. The highest BCUT2D eigenvalue weighted by molar-refractivity contribution is 7.80. The van der Waals surface area contributed by atoms with Crippen molar-refractivity contribution in [1.29, 1.82) is 0 Å². The first-order chi connectivity index (χ1) is 8.54. The first-order valence-corrected chi connectivity index (χ1v) is 5.79. The molecule has 6 heteroatoms. The number of aryl methyl sites for hydroxylation is 2. The van der Waals surface area contributed by atoms with Crippen molar-refractivity contribution in [3.05, 3.63) is 42.0 Å². The van der Waals surface area contributed by atoms with Crippen LogP contribution < -0.4 is 10.6 Å². The zero-order valence-corrected chi connectivity index (χ0v) is 10.9. The molecule has 0 aliphatic heterocycles. The molecule has 0 fully saturated rings. The third-order valence-corrected chi connectivity index (χ3v) is 2.55. The topological polar surface area (TPSA) is 41.9 Å². The van der Waals surface area contributed by atoms with Crippen LogP contribution in [0.1, 0.15) is 5.69 Å². The highest BCUT2D eigenvalue weighted by Gasteiger charge is 2.05. The van der Waals surface area contributed by atoms with Crippen molar-refractivity contribution in [2.24, 2.45) is 7.05 Å². The summed E-state index contributed by atoms with van der Waals surface area (Å²) in [5.41, 5.74) is 2.28. The zero-order chi connectivity index (χ0) is 13.1. The monoisotopic (exact) mass is 264 g/mol. The average molecular weight is 264 g/mol. The Bertz CT molecular complexity index is 579. The molecule has 0 saturated heterocycles. The Hall–Kier alpha value is -1.95. The number of benzene rings is 1. The number of hydrogen-bond donors (Lipinski definition) is 2. The molecule has 2 aromatic rings. The van der Waals surface area contributed by atoms with Crippen LogP contribution >= 0.6 is 12.2 Å². The lowest BCUT2D eigenvalue weighted by Crippen LogP contribution is -2.19. The lowest BCUT2D eigenvalue weighted by molar-refractivity contribution is 0.628. The van der Waals surface area contributed by atoms with Gasteiger partial charge in [-0.2, -0.15) is 5.10 Å². The Morgan fingerprint density at radius 3 is 2.78 bits per heavy atom. The predicted molar refractivity (Wildman–Crippen MR) is 74.2 cm³/mol. The molecule has 0 unspecified atom stereocenters. The summed E-state index contributed by atoms with van der Waals surface area (Å²) in [5.74, 6) is -0.305. The normalized spacial score (nSPS) is 10.2. The molecule has 0 aliphatic rings. The lowest BCUT2D eigenvalue weighted by atomic mass is 10.3. The standard InChI is InChI=1S/C12H13FN4S/c1-8-11(7-17(2)16-8)15-12(18)14-10-5-3-4-9(13)6-10/h3-7H,1-2H3,(H2,14,15,18). The molecule has 0 bridgehead atoms. The van der Waals surface area contributed by atoms with Crippen molar-refractivity contribution >= 4 is 28.7 Å².